The summed E-state index contributed by atoms with van der Waals surface area (Å²) in [4.78, 5) is 4.88. The smallest absolute Gasteiger partial charge is 0.159 e. The lowest BCUT2D eigenvalue weighted by Gasteiger charge is -2.30. The molecule has 9 aromatic carbocycles. The maximum atomic E-state index is 6.71. The normalized spacial score (nSPS) is 15.6. The standard InChI is InChI=1S/C56H38N2O/c1-2-18-42-39(15-1)36-50(45-21-4-3-20-44(42)45)38-16-13-17-41(35-38)57(54-29-14-25-49-48-24-8-12-30-55(48)59-56(49)54)40-33-31-37(32-34-40)43-19-5-9-26-51(43)58-52-27-10-6-22-46(52)47-23-7-11-28-53(47)58/h1-36,46,52H. The molecule has 1 aliphatic heterocycles. The molecule has 0 N–H and O–H groups in total. The van der Waals surface area contributed by atoms with Crippen LogP contribution in [0.1, 0.15) is 11.5 Å². The molecule has 278 valence electrons. The van der Waals surface area contributed by atoms with Crippen molar-refractivity contribution in [3.05, 3.63) is 224 Å². The van der Waals surface area contributed by atoms with Gasteiger partial charge in [0.05, 0.1) is 11.7 Å². The first-order valence-corrected chi connectivity index (χ1v) is 20.4. The monoisotopic (exact) mass is 754 g/mol. The average Bonchev–Trinajstić information content (AvgIpc) is 3.86. The molecule has 1 aromatic heterocycles. The second kappa shape index (κ2) is 13.5. The molecular weight excluding hydrogens is 717 g/mol. The zero-order valence-electron chi connectivity index (χ0n) is 32.2. The van der Waals surface area contributed by atoms with Crippen LogP contribution in [0.2, 0.25) is 0 Å². The molecule has 0 radical (unpaired) electrons. The molecule has 2 aliphatic rings. The summed E-state index contributed by atoms with van der Waals surface area (Å²) in [6.45, 7) is 0. The number of benzene rings is 9. The molecule has 2 atom stereocenters. The highest BCUT2D eigenvalue weighted by Crippen LogP contribution is 2.50. The summed E-state index contributed by atoms with van der Waals surface area (Å²) in [7, 11) is 0. The Hall–Kier alpha value is -7.62. The van der Waals surface area contributed by atoms with Gasteiger partial charge in [0, 0.05) is 45.0 Å². The van der Waals surface area contributed by atoms with Gasteiger partial charge in [-0.25, -0.2) is 0 Å². The molecule has 12 rings (SSSR count). The summed E-state index contributed by atoms with van der Waals surface area (Å²) in [5.41, 5.74) is 13.4. The maximum Gasteiger partial charge on any atom is 0.159 e. The summed E-state index contributed by atoms with van der Waals surface area (Å²) in [6.07, 6.45) is 9.06. The van der Waals surface area contributed by atoms with E-state index < -0.39 is 0 Å². The van der Waals surface area contributed by atoms with Crippen molar-refractivity contribution in [3.8, 4) is 22.3 Å². The molecule has 0 saturated carbocycles. The second-order valence-corrected chi connectivity index (χ2v) is 15.6. The molecule has 2 heterocycles. The first-order valence-electron chi connectivity index (χ1n) is 20.4. The zero-order chi connectivity index (χ0) is 38.9. The summed E-state index contributed by atoms with van der Waals surface area (Å²) in [5.74, 6) is 0.324. The minimum Gasteiger partial charge on any atom is -0.454 e. The minimum absolute atomic E-state index is 0.226. The van der Waals surface area contributed by atoms with E-state index in [1.54, 1.807) is 0 Å². The van der Waals surface area contributed by atoms with Crippen LogP contribution in [0.3, 0.4) is 0 Å². The Morgan fingerprint density at radius 1 is 0.441 bits per heavy atom. The van der Waals surface area contributed by atoms with E-state index in [1.807, 2.05) is 6.07 Å². The second-order valence-electron chi connectivity index (χ2n) is 15.6. The van der Waals surface area contributed by atoms with Crippen LogP contribution in [0.4, 0.5) is 28.4 Å². The van der Waals surface area contributed by atoms with Crippen molar-refractivity contribution in [2.45, 2.75) is 12.0 Å². The fraction of sp³-hybridized carbons (Fsp3) is 0.0357. The van der Waals surface area contributed by atoms with Gasteiger partial charge in [-0.3, -0.25) is 0 Å². The first-order chi connectivity index (χ1) is 29.3. The molecular formula is C56H38N2O. The minimum atomic E-state index is 0.226. The fourth-order valence-electron chi connectivity index (χ4n) is 9.73. The number of rotatable bonds is 6. The summed E-state index contributed by atoms with van der Waals surface area (Å²) in [5, 5.41) is 7.21. The summed E-state index contributed by atoms with van der Waals surface area (Å²) in [6, 6.07) is 70.6. The lowest BCUT2D eigenvalue weighted by Crippen LogP contribution is -2.28. The van der Waals surface area contributed by atoms with Crippen molar-refractivity contribution >= 4 is 71.9 Å². The Kier molecular flexibility index (Phi) is 7.67. The number of fused-ring (bicyclic) bond motifs is 9. The molecule has 10 aromatic rings. The number of hydrogen-bond acceptors (Lipinski definition) is 3. The Morgan fingerprint density at radius 3 is 2.03 bits per heavy atom. The highest BCUT2D eigenvalue weighted by atomic mass is 16.3. The van der Waals surface area contributed by atoms with Crippen LogP contribution in [-0.4, -0.2) is 6.04 Å². The van der Waals surface area contributed by atoms with Crippen LogP contribution >= 0.6 is 0 Å². The number of nitrogens with zero attached hydrogens (tertiary/aromatic N) is 2. The molecule has 0 amide bonds. The van der Waals surface area contributed by atoms with E-state index in [0.29, 0.717) is 5.92 Å². The molecule has 0 saturated heterocycles. The number of para-hydroxylation sites is 4. The van der Waals surface area contributed by atoms with Crippen molar-refractivity contribution in [3.63, 3.8) is 0 Å². The van der Waals surface area contributed by atoms with Gasteiger partial charge in [-0.2, -0.15) is 0 Å². The Balaban J connectivity index is 1.02. The van der Waals surface area contributed by atoms with Gasteiger partial charge in [-0.15, -0.1) is 0 Å². The Labute approximate surface area is 343 Å². The lowest BCUT2D eigenvalue weighted by molar-refractivity contribution is 0.669. The van der Waals surface area contributed by atoms with Crippen LogP contribution in [0.5, 0.6) is 0 Å². The van der Waals surface area contributed by atoms with Crippen LogP contribution in [0.25, 0.3) is 65.7 Å². The highest BCUT2D eigenvalue weighted by molar-refractivity contribution is 6.14. The predicted octanol–water partition coefficient (Wildman–Crippen LogP) is 15.4. The third-order valence-corrected chi connectivity index (χ3v) is 12.4. The molecule has 1 aliphatic carbocycles. The highest BCUT2D eigenvalue weighted by Gasteiger charge is 2.37. The number of allylic oxidation sites excluding steroid dienone is 2. The predicted molar refractivity (Wildman–Crippen MR) is 248 cm³/mol. The molecule has 0 bridgehead atoms. The van der Waals surface area contributed by atoms with Crippen LogP contribution in [0, 0.1) is 0 Å². The van der Waals surface area contributed by atoms with Gasteiger partial charge in [0.25, 0.3) is 0 Å². The maximum absolute atomic E-state index is 6.71. The zero-order valence-corrected chi connectivity index (χ0v) is 32.2. The number of furan rings is 1. The quantitative estimate of drug-likeness (QED) is 0.158. The van der Waals surface area contributed by atoms with Crippen molar-refractivity contribution in [2.75, 3.05) is 9.80 Å². The average molecular weight is 755 g/mol. The van der Waals surface area contributed by atoms with Gasteiger partial charge in [-0.1, -0.05) is 164 Å². The van der Waals surface area contributed by atoms with Gasteiger partial charge in [-0.05, 0) is 98.4 Å². The topological polar surface area (TPSA) is 19.6 Å². The Bertz CT molecular complexity index is 3320. The van der Waals surface area contributed by atoms with E-state index >= 15 is 0 Å². The molecule has 0 fully saturated rings. The third kappa shape index (κ3) is 5.36. The van der Waals surface area contributed by atoms with E-state index in [2.05, 4.69) is 222 Å². The molecule has 0 spiro atoms. The van der Waals surface area contributed by atoms with E-state index in [-0.39, 0.29) is 6.04 Å². The first kappa shape index (κ1) is 33.5. The van der Waals surface area contributed by atoms with E-state index in [9.17, 15) is 0 Å². The lowest BCUT2D eigenvalue weighted by atomic mass is 9.91. The Morgan fingerprint density at radius 2 is 1.14 bits per heavy atom. The molecule has 3 nitrogen and oxygen atoms in total. The fourth-order valence-corrected chi connectivity index (χ4v) is 9.73. The molecule has 2 unspecified atom stereocenters. The molecule has 3 heteroatoms. The summed E-state index contributed by atoms with van der Waals surface area (Å²) < 4.78 is 6.71. The van der Waals surface area contributed by atoms with Gasteiger partial charge >= 0.3 is 0 Å². The summed E-state index contributed by atoms with van der Waals surface area (Å²) >= 11 is 0. The van der Waals surface area contributed by atoms with Crippen molar-refractivity contribution < 1.29 is 4.42 Å². The van der Waals surface area contributed by atoms with Crippen LogP contribution in [-0.2, 0) is 0 Å². The van der Waals surface area contributed by atoms with E-state index in [4.69, 9.17) is 4.42 Å². The van der Waals surface area contributed by atoms with Crippen LogP contribution in [0.15, 0.2) is 223 Å². The van der Waals surface area contributed by atoms with Crippen molar-refractivity contribution in [2.24, 2.45) is 0 Å². The van der Waals surface area contributed by atoms with Gasteiger partial charge in [0.15, 0.2) is 5.58 Å². The molecule has 59 heavy (non-hydrogen) atoms. The largest absolute Gasteiger partial charge is 0.454 e. The van der Waals surface area contributed by atoms with E-state index in [0.717, 1.165) is 44.6 Å². The number of anilines is 5. The van der Waals surface area contributed by atoms with Crippen molar-refractivity contribution in [1.82, 2.24) is 0 Å². The van der Waals surface area contributed by atoms with E-state index in [1.165, 1.54) is 55.2 Å². The van der Waals surface area contributed by atoms with Gasteiger partial charge < -0.3 is 14.2 Å². The van der Waals surface area contributed by atoms with Crippen molar-refractivity contribution in [1.29, 1.82) is 0 Å². The van der Waals surface area contributed by atoms with Gasteiger partial charge in [0.1, 0.15) is 5.58 Å². The number of hydrogen-bond donors (Lipinski definition) is 0. The van der Waals surface area contributed by atoms with Crippen LogP contribution < -0.4 is 9.80 Å². The SMILES string of the molecule is C1=CC2c3ccccc3N(c3ccccc3-c3ccc(N(c4cccc(-c5cc6ccccc6c6ccccc56)c4)c4cccc5c4oc4ccccc45)cc3)C2C=C1. The third-order valence-electron chi connectivity index (χ3n) is 12.4. The van der Waals surface area contributed by atoms with Gasteiger partial charge in [0.2, 0.25) is 0 Å².